The molecule has 2 aromatic heterocycles. The number of benzene rings is 1. The number of nitrogens with two attached hydrogens (primary N) is 6. The fourth-order valence-corrected chi connectivity index (χ4v) is 14.6. The summed E-state index contributed by atoms with van der Waals surface area (Å²) < 4.78 is 0. The Kier molecular flexibility index (Phi) is 53.1. The first-order valence-corrected chi connectivity index (χ1v) is 48.0. The Morgan fingerprint density at radius 2 is 0.604 bits per heavy atom. The predicted molar refractivity (Wildman–Crippen MR) is 522 cm³/mol. The van der Waals surface area contributed by atoms with E-state index in [0.29, 0.717) is 5.69 Å². The maximum atomic E-state index is 14.8. The van der Waals surface area contributed by atoms with Crippen molar-refractivity contribution >= 4 is 148 Å². The molecular weight excluding hydrogens is 1960 g/mol. The molecule has 0 radical (unpaired) electrons. The number of hydrogen-bond donors (Lipinski definition) is 30. The van der Waals surface area contributed by atoms with Crippen LogP contribution >= 0.6 is 0 Å². The van der Waals surface area contributed by atoms with Crippen LogP contribution in [0.4, 0.5) is 0 Å². The Balaban J connectivity index is 1.95. The number of carbonyl (C=O) groups is 25. The highest BCUT2D eigenvalue weighted by molar-refractivity contribution is 6.04. The van der Waals surface area contributed by atoms with E-state index in [4.69, 9.17) is 34.4 Å². The molecule has 3 rings (SSSR count). The fraction of sp³-hybridized carbons (Fsp3) is 0.598. The average molecular weight is 2110 g/mol. The van der Waals surface area contributed by atoms with Crippen molar-refractivity contribution < 1.29 is 145 Å². The number of H-pyrrole nitrogens is 2. The van der Waals surface area contributed by atoms with E-state index in [1.807, 2.05) is 0 Å². The van der Waals surface area contributed by atoms with Gasteiger partial charge in [0.2, 0.25) is 130 Å². The smallest absolute Gasteiger partial charge is 0.326 e. The number of phenolic OH excluding ortho intramolecular Hbond substituents is 1. The number of aromatic hydroxyl groups is 1. The number of carbonyl (C=O) groups excluding carboxylic acids is 22. The van der Waals surface area contributed by atoms with Gasteiger partial charge < -0.3 is 160 Å². The van der Waals surface area contributed by atoms with Gasteiger partial charge in [0.25, 0.3) is 0 Å². The van der Waals surface area contributed by atoms with Crippen molar-refractivity contribution in [2.45, 2.75) is 315 Å². The predicted octanol–water partition coefficient (Wildman–Crippen LogP) is -9.48. The van der Waals surface area contributed by atoms with Gasteiger partial charge in [0.15, 0.2) is 0 Å². The number of carboxylic acids is 3. The Morgan fingerprint density at radius 1 is 0.315 bits per heavy atom. The van der Waals surface area contributed by atoms with Crippen LogP contribution in [0.25, 0.3) is 0 Å². The van der Waals surface area contributed by atoms with E-state index < -0.39 is 375 Å². The van der Waals surface area contributed by atoms with Crippen molar-refractivity contribution in [1.29, 1.82) is 0 Å². The number of nitrogens with zero attached hydrogens (tertiary/aromatic N) is 2. The number of aromatic nitrogens is 4. The molecule has 36 N–H and O–H groups in total. The van der Waals surface area contributed by atoms with E-state index in [0.717, 1.165) is 13.8 Å². The summed E-state index contributed by atoms with van der Waals surface area (Å²) in [6, 6.07) is -26.2. The molecule has 149 heavy (non-hydrogen) atoms. The summed E-state index contributed by atoms with van der Waals surface area (Å²) in [6.45, 7) is 20.3. The zero-order valence-electron chi connectivity index (χ0n) is 85.2. The molecule has 0 bridgehead atoms. The highest BCUT2D eigenvalue weighted by Crippen LogP contribution is 2.20. The van der Waals surface area contributed by atoms with Crippen LogP contribution in [0.5, 0.6) is 5.75 Å². The van der Waals surface area contributed by atoms with E-state index in [-0.39, 0.29) is 42.7 Å². The minimum atomic E-state index is -2.05. The van der Waals surface area contributed by atoms with Crippen molar-refractivity contribution in [3.05, 3.63) is 66.3 Å². The van der Waals surface area contributed by atoms with Gasteiger partial charge in [0.05, 0.1) is 50.5 Å². The molecular formula is C92H143N27O30. The number of carboxylic acid groups (broad SMARTS) is 3. The molecule has 0 saturated carbocycles. The normalized spacial score (nSPS) is 15.5. The molecule has 2 heterocycles. The van der Waals surface area contributed by atoms with Crippen LogP contribution < -0.4 is 125 Å². The first-order chi connectivity index (χ1) is 69.6. The minimum absolute atomic E-state index is 0.133. The first-order valence-electron chi connectivity index (χ1n) is 48.0. The van der Waals surface area contributed by atoms with E-state index in [2.05, 4.69) is 110 Å². The second-order valence-electron chi connectivity index (χ2n) is 37.6. The summed E-state index contributed by atoms with van der Waals surface area (Å²) in [5.41, 5.74) is 33.8. The van der Waals surface area contributed by atoms with E-state index >= 15 is 0 Å². The van der Waals surface area contributed by atoms with Gasteiger partial charge in [-0.25, -0.2) is 14.8 Å². The van der Waals surface area contributed by atoms with Crippen LogP contribution in [-0.2, 0) is 139 Å². The number of rotatable bonds is 68. The molecule has 0 aliphatic carbocycles. The van der Waals surface area contributed by atoms with Gasteiger partial charge in [0.1, 0.15) is 108 Å². The van der Waals surface area contributed by atoms with Crippen LogP contribution in [0.2, 0.25) is 0 Å². The van der Waals surface area contributed by atoms with Gasteiger partial charge in [-0.2, -0.15) is 0 Å². The molecule has 22 amide bonds. The Morgan fingerprint density at radius 3 is 1.00 bits per heavy atom. The zero-order chi connectivity index (χ0) is 113. The van der Waals surface area contributed by atoms with Crippen molar-refractivity contribution in [3.63, 3.8) is 0 Å². The summed E-state index contributed by atoms with van der Waals surface area (Å²) in [5, 5.41) is 90.8. The summed E-state index contributed by atoms with van der Waals surface area (Å²) in [6.07, 6.45) is -5.40. The molecule has 0 spiro atoms. The highest BCUT2D eigenvalue weighted by atomic mass is 16.4. The third kappa shape index (κ3) is 44.9. The number of phenols is 1. The lowest BCUT2D eigenvalue weighted by Gasteiger charge is -2.31. The molecule has 57 nitrogen and oxygen atoms in total. The van der Waals surface area contributed by atoms with Gasteiger partial charge in [0, 0.05) is 62.3 Å². The number of aliphatic hydroxyl groups is 1. The van der Waals surface area contributed by atoms with E-state index in [1.165, 1.54) is 105 Å². The summed E-state index contributed by atoms with van der Waals surface area (Å²) in [7, 11) is 0. The van der Waals surface area contributed by atoms with Crippen LogP contribution in [0.15, 0.2) is 49.3 Å². The molecule has 0 saturated heterocycles. The van der Waals surface area contributed by atoms with Gasteiger partial charge >= 0.3 is 17.9 Å². The Hall–Kier alpha value is -15.9. The first kappa shape index (κ1) is 127. The molecule has 0 aliphatic rings. The third-order valence-corrected chi connectivity index (χ3v) is 23.4. The molecule has 0 aliphatic heterocycles. The van der Waals surface area contributed by atoms with Gasteiger partial charge in [-0.15, -0.1) is 0 Å². The second kappa shape index (κ2) is 62.2. The number of aromatic amines is 2. The van der Waals surface area contributed by atoms with E-state index in [1.54, 1.807) is 27.7 Å². The topological polar surface area (TPSA) is 946 Å². The lowest BCUT2D eigenvalue weighted by molar-refractivity contribution is -0.142. The van der Waals surface area contributed by atoms with Crippen molar-refractivity contribution in [1.82, 2.24) is 110 Å². The maximum absolute atomic E-state index is 14.8. The highest BCUT2D eigenvalue weighted by Gasteiger charge is 2.44. The number of amides is 22. The number of aliphatic hydroxyl groups excluding tert-OH is 1. The Labute approximate surface area is 856 Å². The average Bonchev–Trinajstić information content (AvgIpc) is 1.70. The van der Waals surface area contributed by atoms with Gasteiger partial charge in [-0.3, -0.25) is 115 Å². The quantitative estimate of drug-likeness (QED) is 0.0249. The summed E-state index contributed by atoms with van der Waals surface area (Å²) >= 11 is 0. The maximum Gasteiger partial charge on any atom is 0.326 e. The monoisotopic (exact) mass is 2110 g/mol. The number of imidazole rings is 2. The summed E-state index contributed by atoms with van der Waals surface area (Å²) in [5.74, 6) is -34.7. The lowest BCUT2D eigenvalue weighted by Crippen LogP contribution is -2.63. The molecule has 0 unspecified atom stereocenters. The van der Waals surface area contributed by atoms with Crippen molar-refractivity contribution in [2.75, 3.05) is 0 Å². The van der Waals surface area contributed by atoms with Gasteiger partial charge in [-0.05, 0) is 92.7 Å². The number of aliphatic carboxylic acids is 3. The molecule has 57 heteroatoms. The molecule has 3 aromatic rings. The molecule has 0 fully saturated rings. The molecule has 21 atom stereocenters. The zero-order valence-corrected chi connectivity index (χ0v) is 85.2. The van der Waals surface area contributed by atoms with Crippen molar-refractivity contribution in [2.24, 2.45) is 69.9 Å². The van der Waals surface area contributed by atoms with Crippen molar-refractivity contribution in [3.8, 4) is 5.75 Å². The minimum Gasteiger partial charge on any atom is -0.508 e. The standard InChI is InChI=1S/C92H143N27O30/c1-15-43(11)72(89(145)112-59(33-65(97)125)84(140)113-61(92(148)149)30-49-36-100-38-102-49)117-78(134)52(21-24-62(94)122)105-82(138)57(29-48-35-99-37-101-48)111-87(143)70(41(7)8)115-88(144)71(42(9)10)114-85(141)60(34-66(98)126)107-75(131)45(13)103-80(136)56(28-47-17-19-50(121)20-18-47)109-81(137)55(27-39(3)4)108-83(139)58(32-64(96)124)110-77(133)53(22-25-67(127)128)106-86(142)69(40(5)6)116-90(146)73(44(12)16-2)118-91(147)74(46(14)120)119-79(135)54(23-26-68(129)130)104-76(132)51(93)31-63(95)123/h17-20,35-46,51-61,69-74,120-121H,15-16,21-34,93H2,1-14H3,(H2,94,122)(H2,95,123)(H2,96,124)(H2,97,125)(H2,98,126)(H,99,101)(H,100,102)(H,103,136)(H,104,132)(H,105,138)(H,106,142)(H,107,131)(H,108,139)(H,109,137)(H,110,133)(H,111,143)(H,112,145)(H,113,140)(H,114,141)(H,115,144)(H,116,146)(H,117,134)(H,118,147)(H,119,135)(H,127,128)(H,129,130)(H,148,149)/t43-,44-,45-,46+,51-,52-,53-,54-,55-,56-,57-,58-,59-,60-,61-,69-,70-,71-,72-,73-,74-/m0/s1. The summed E-state index contributed by atoms with van der Waals surface area (Å²) in [4.78, 5) is 354. The number of nitrogens with one attached hydrogen (secondary N) is 19. The van der Waals surface area contributed by atoms with E-state index in [9.17, 15) is 145 Å². The Bertz CT molecular complexity index is 5180. The molecule has 1 aromatic carbocycles. The van der Waals surface area contributed by atoms with Crippen LogP contribution in [0.1, 0.15) is 197 Å². The number of primary amides is 5. The number of hydrogen-bond acceptors (Lipinski definition) is 30. The van der Waals surface area contributed by atoms with Crippen LogP contribution in [0, 0.1) is 35.5 Å². The second-order valence-corrected chi connectivity index (χ2v) is 37.6. The van der Waals surface area contributed by atoms with Crippen LogP contribution in [0.3, 0.4) is 0 Å². The molecule has 826 valence electrons. The third-order valence-electron chi connectivity index (χ3n) is 23.4. The SMILES string of the molecule is CC[C@H](C)[C@H](NC(=O)[C@H](CCC(N)=O)NC(=O)[C@H](Cc1cnc[nH]1)NC(=O)[C@@H](NC(=O)[C@@H](NC(=O)[C@H](CC(N)=O)NC(=O)[C@H](C)NC(=O)[C@H](Cc1ccc(O)cc1)NC(=O)[C@H](CC(C)C)NC(=O)[C@H](CC(N)=O)NC(=O)[C@H](CCC(=O)O)NC(=O)[C@@H](NC(=O)[C@@H](NC(=O)[C@@H](NC(=O)[C@H](CCC(=O)O)NC(=O)[C@@H](N)CC(N)=O)[C@@H](C)O)[C@@H](C)CC)C(C)C)C(C)C)C(C)C)C(=O)N[C@@H](CC(N)=O)C(=O)N[C@@H](Cc1cnc[nH]1)C(=O)O. The van der Waals surface area contributed by atoms with Crippen LogP contribution in [-0.4, -0.2) is 308 Å². The van der Waals surface area contributed by atoms with Gasteiger partial charge in [-0.1, -0.05) is 108 Å². The largest absolute Gasteiger partial charge is 0.508 e. The lowest BCUT2D eigenvalue weighted by atomic mass is 9.95. The fourth-order valence-electron chi connectivity index (χ4n) is 14.6.